The molecule has 12 heteroatoms. The Balaban J connectivity index is 1.46. The monoisotopic (exact) mass is 586 g/mol. The van der Waals surface area contributed by atoms with Gasteiger partial charge in [-0.15, -0.1) is 0 Å². The van der Waals surface area contributed by atoms with E-state index in [-0.39, 0.29) is 44.5 Å². The fraction of sp³-hybridized carbons (Fsp3) is 0.323. The van der Waals surface area contributed by atoms with Gasteiger partial charge in [-0.25, -0.2) is 9.97 Å². The van der Waals surface area contributed by atoms with Crippen LogP contribution in [-0.2, 0) is 29.6 Å². The van der Waals surface area contributed by atoms with E-state index in [4.69, 9.17) is 13.9 Å². The lowest BCUT2D eigenvalue weighted by Crippen LogP contribution is -2.51. The summed E-state index contributed by atoms with van der Waals surface area (Å²) < 4.78 is 19.0. The van der Waals surface area contributed by atoms with Gasteiger partial charge in [-0.05, 0) is 37.1 Å². The van der Waals surface area contributed by atoms with Gasteiger partial charge < -0.3 is 34.0 Å². The molecule has 0 unspecified atom stereocenters. The van der Waals surface area contributed by atoms with E-state index in [1.165, 1.54) is 17.4 Å². The van der Waals surface area contributed by atoms with Crippen LogP contribution in [0.4, 0.5) is 0 Å². The summed E-state index contributed by atoms with van der Waals surface area (Å²) in [6.07, 6.45) is 3.66. The zero-order valence-electron chi connectivity index (χ0n) is 24.3. The second-order valence-corrected chi connectivity index (χ2v) is 10.2. The van der Waals surface area contributed by atoms with Crippen LogP contribution < -0.4 is 20.1 Å². The third-order valence-electron chi connectivity index (χ3n) is 7.16. The molecular weight excluding hydrogens is 552 g/mol. The highest BCUT2D eigenvalue weighted by Crippen LogP contribution is 2.33. The van der Waals surface area contributed by atoms with Crippen LogP contribution in [0.5, 0.6) is 11.5 Å². The van der Waals surface area contributed by atoms with Crippen molar-refractivity contribution in [1.29, 1.82) is 0 Å². The van der Waals surface area contributed by atoms with Gasteiger partial charge in [0.2, 0.25) is 17.7 Å². The number of amides is 3. The molecule has 0 radical (unpaired) electrons. The number of aromatic nitrogens is 3. The summed E-state index contributed by atoms with van der Waals surface area (Å²) in [5, 5.41) is 5.73. The molecule has 0 fully saturated rings. The zero-order chi connectivity index (χ0) is 30.3. The Bertz CT molecular complexity index is 1600. The molecule has 0 saturated carbocycles. The van der Waals surface area contributed by atoms with Crippen molar-refractivity contribution in [3.63, 3.8) is 0 Å². The molecule has 1 aliphatic heterocycles. The standard InChI is InChI=1S/C31H34N6O6/c1-20-24-16-33-29(39)23(14-21-8-5-4-6-9-21)34-28(38)18-37(31(40)25-17-32-19-36(25)2)12-7-13-42-27-15-22(30(35-24)43-20)10-11-26(27)41-3/h4-6,8-11,15,17,19,23H,7,12-14,16,18H2,1-3H3,(H,33,39)(H,34,38)/t23-/m1/s1. The van der Waals surface area contributed by atoms with Crippen LogP contribution in [0.2, 0.25) is 0 Å². The van der Waals surface area contributed by atoms with Crippen LogP contribution in [-0.4, -0.2) is 70.0 Å². The molecular formula is C31H34N6O6. The summed E-state index contributed by atoms with van der Waals surface area (Å²) in [7, 11) is 3.26. The molecule has 0 aliphatic carbocycles. The average Bonchev–Trinajstić information content (AvgIpc) is 3.61. The average molecular weight is 587 g/mol. The number of nitrogens with one attached hydrogen (secondary N) is 2. The van der Waals surface area contributed by atoms with Crippen molar-refractivity contribution in [1.82, 2.24) is 30.1 Å². The number of carbonyl (C=O) groups excluding carboxylic acids is 3. The Labute approximate surface area is 249 Å². The largest absolute Gasteiger partial charge is 0.493 e. The molecule has 2 aromatic carbocycles. The van der Waals surface area contributed by atoms with Gasteiger partial charge in [0, 0.05) is 25.6 Å². The summed E-state index contributed by atoms with van der Waals surface area (Å²) in [5.74, 6) is 0.729. The first kappa shape index (κ1) is 29.4. The van der Waals surface area contributed by atoms with Gasteiger partial charge in [-0.1, -0.05) is 30.3 Å². The highest BCUT2D eigenvalue weighted by atomic mass is 16.5. The molecule has 43 heavy (non-hydrogen) atoms. The number of aryl methyl sites for hydroxylation is 2. The molecule has 5 rings (SSSR count). The van der Waals surface area contributed by atoms with Gasteiger partial charge in [-0.2, -0.15) is 0 Å². The molecule has 2 N–H and O–H groups in total. The Kier molecular flexibility index (Phi) is 9.04. The minimum Gasteiger partial charge on any atom is -0.493 e. The van der Waals surface area contributed by atoms with E-state index in [0.29, 0.717) is 46.5 Å². The van der Waals surface area contributed by atoms with Crippen molar-refractivity contribution in [2.75, 3.05) is 26.8 Å². The van der Waals surface area contributed by atoms with Gasteiger partial charge >= 0.3 is 0 Å². The number of benzene rings is 2. The summed E-state index contributed by atoms with van der Waals surface area (Å²) in [6, 6.07) is 13.9. The van der Waals surface area contributed by atoms with E-state index in [2.05, 4.69) is 20.6 Å². The van der Waals surface area contributed by atoms with Crippen LogP contribution >= 0.6 is 0 Å². The summed E-state index contributed by atoms with van der Waals surface area (Å²) >= 11 is 0. The third kappa shape index (κ3) is 7.03. The minimum atomic E-state index is -0.887. The molecule has 2 aromatic heterocycles. The number of methoxy groups -OCH3 is 1. The molecule has 0 saturated heterocycles. The zero-order valence-corrected chi connectivity index (χ0v) is 24.3. The summed E-state index contributed by atoms with van der Waals surface area (Å²) in [5.41, 5.74) is 2.45. The second kappa shape index (κ2) is 13.2. The maximum absolute atomic E-state index is 13.5. The topological polar surface area (TPSA) is 141 Å². The Hall–Kier alpha value is -5.13. The maximum atomic E-state index is 13.5. The van der Waals surface area contributed by atoms with E-state index in [9.17, 15) is 14.4 Å². The lowest BCUT2D eigenvalue weighted by molar-refractivity contribution is -0.129. The number of imidazole rings is 1. The van der Waals surface area contributed by atoms with Crippen molar-refractivity contribution in [3.05, 3.63) is 83.8 Å². The van der Waals surface area contributed by atoms with E-state index < -0.39 is 11.9 Å². The number of rotatable bonds is 4. The first-order valence-electron chi connectivity index (χ1n) is 14.0. The Morgan fingerprint density at radius 1 is 1.16 bits per heavy atom. The first-order chi connectivity index (χ1) is 20.8. The molecule has 224 valence electrons. The Morgan fingerprint density at radius 3 is 2.72 bits per heavy atom. The SMILES string of the molecule is COc1ccc2cc1OCCCN(C(=O)c1cncn1C)CC(=O)N[C@H](Cc1ccccc1)C(=O)NCc1nc-2oc1C. The third-order valence-corrected chi connectivity index (χ3v) is 7.16. The van der Waals surface area contributed by atoms with Gasteiger partial charge in [0.15, 0.2) is 11.5 Å². The number of hydrogen-bond acceptors (Lipinski definition) is 8. The van der Waals surface area contributed by atoms with Crippen LogP contribution in [0.15, 0.2) is 65.5 Å². The molecule has 1 atom stereocenters. The smallest absolute Gasteiger partial charge is 0.272 e. The lowest BCUT2D eigenvalue weighted by atomic mass is 10.1. The van der Waals surface area contributed by atoms with E-state index in [0.717, 1.165) is 5.56 Å². The van der Waals surface area contributed by atoms with Crippen LogP contribution in [0, 0.1) is 6.92 Å². The van der Waals surface area contributed by atoms with Crippen molar-refractivity contribution >= 4 is 17.7 Å². The van der Waals surface area contributed by atoms with Crippen molar-refractivity contribution in [2.24, 2.45) is 7.05 Å². The molecule has 4 aromatic rings. The summed E-state index contributed by atoms with van der Waals surface area (Å²) in [4.78, 5) is 50.3. The predicted molar refractivity (Wildman–Crippen MR) is 156 cm³/mol. The van der Waals surface area contributed by atoms with Gasteiger partial charge in [-0.3, -0.25) is 14.4 Å². The summed E-state index contributed by atoms with van der Waals surface area (Å²) in [6.45, 7) is 2.08. The van der Waals surface area contributed by atoms with Crippen molar-refractivity contribution < 1.29 is 28.3 Å². The maximum Gasteiger partial charge on any atom is 0.272 e. The molecule has 12 nitrogen and oxygen atoms in total. The van der Waals surface area contributed by atoms with Crippen LogP contribution in [0.25, 0.3) is 11.5 Å². The molecule has 4 bridgehead atoms. The van der Waals surface area contributed by atoms with E-state index in [1.807, 2.05) is 36.4 Å². The van der Waals surface area contributed by atoms with Gasteiger partial charge in [0.05, 0.1) is 39.3 Å². The number of oxazole rings is 1. The molecule has 1 aliphatic rings. The second-order valence-electron chi connectivity index (χ2n) is 10.2. The number of ether oxygens (including phenoxy) is 2. The normalized spacial score (nSPS) is 16.3. The number of hydrogen-bond donors (Lipinski definition) is 2. The van der Waals surface area contributed by atoms with E-state index >= 15 is 0 Å². The van der Waals surface area contributed by atoms with E-state index in [1.54, 1.807) is 37.8 Å². The Morgan fingerprint density at radius 2 is 1.98 bits per heavy atom. The number of nitrogens with zero attached hydrogens (tertiary/aromatic N) is 4. The van der Waals surface area contributed by atoms with Gasteiger partial charge in [0.1, 0.15) is 23.2 Å². The highest BCUT2D eigenvalue weighted by Gasteiger charge is 2.26. The minimum absolute atomic E-state index is 0.0972. The molecule has 3 heterocycles. The quantitative estimate of drug-likeness (QED) is 0.372. The van der Waals surface area contributed by atoms with Gasteiger partial charge in [0.25, 0.3) is 5.91 Å². The number of carbonyl (C=O) groups is 3. The lowest BCUT2D eigenvalue weighted by Gasteiger charge is -2.24. The first-order valence-corrected chi connectivity index (χ1v) is 14.0. The van der Waals surface area contributed by atoms with Crippen LogP contribution in [0.1, 0.15) is 33.9 Å². The fourth-order valence-electron chi connectivity index (χ4n) is 4.82. The predicted octanol–water partition coefficient (Wildman–Crippen LogP) is 2.66. The fourth-order valence-corrected chi connectivity index (χ4v) is 4.82. The van der Waals surface area contributed by atoms with Crippen LogP contribution in [0.3, 0.4) is 0 Å². The molecule has 0 spiro atoms. The highest BCUT2D eigenvalue weighted by molar-refractivity contribution is 5.96. The number of fused-ring (bicyclic) bond motifs is 5. The molecule has 3 amide bonds. The van der Waals surface area contributed by atoms with Crippen molar-refractivity contribution in [3.8, 4) is 23.0 Å². The van der Waals surface area contributed by atoms with Crippen molar-refractivity contribution in [2.45, 2.75) is 32.4 Å².